The SMILES string of the molecule is CN(C)c1ccc(C=Nc2ccc3nc[nH]c3c2)cc1. The van der Waals surface area contributed by atoms with Gasteiger partial charge in [-0.3, -0.25) is 4.99 Å². The Morgan fingerprint density at radius 1 is 1.10 bits per heavy atom. The second-order valence-electron chi connectivity index (χ2n) is 4.85. The summed E-state index contributed by atoms with van der Waals surface area (Å²) in [4.78, 5) is 13.9. The first-order valence-corrected chi connectivity index (χ1v) is 6.47. The number of hydrogen-bond acceptors (Lipinski definition) is 3. The summed E-state index contributed by atoms with van der Waals surface area (Å²) in [6.07, 6.45) is 3.56. The Kier molecular flexibility index (Phi) is 3.21. The van der Waals surface area contributed by atoms with Crippen molar-refractivity contribution >= 4 is 28.6 Å². The third kappa shape index (κ3) is 2.54. The van der Waals surface area contributed by atoms with Crippen LogP contribution in [0.3, 0.4) is 0 Å². The maximum absolute atomic E-state index is 4.49. The summed E-state index contributed by atoms with van der Waals surface area (Å²) in [7, 11) is 4.06. The number of hydrogen-bond donors (Lipinski definition) is 1. The third-order valence-corrected chi connectivity index (χ3v) is 3.18. The monoisotopic (exact) mass is 264 g/mol. The molecule has 1 N–H and O–H groups in total. The van der Waals surface area contributed by atoms with Crippen LogP contribution < -0.4 is 4.90 Å². The molecule has 0 spiro atoms. The van der Waals surface area contributed by atoms with E-state index < -0.39 is 0 Å². The van der Waals surface area contributed by atoms with Gasteiger partial charge in [-0.25, -0.2) is 4.98 Å². The summed E-state index contributed by atoms with van der Waals surface area (Å²) in [5.41, 5.74) is 5.14. The van der Waals surface area contributed by atoms with Crippen LogP contribution in [0.1, 0.15) is 5.56 Å². The number of aromatic amines is 1. The van der Waals surface area contributed by atoms with Gasteiger partial charge in [0.25, 0.3) is 0 Å². The summed E-state index contributed by atoms with van der Waals surface area (Å²) in [5.74, 6) is 0. The van der Waals surface area contributed by atoms with Gasteiger partial charge in [0, 0.05) is 26.0 Å². The van der Waals surface area contributed by atoms with Crippen LogP contribution >= 0.6 is 0 Å². The van der Waals surface area contributed by atoms with Crippen molar-refractivity contribution in [1.29, 1.82) is 0 Å². The first-order chi connectivity index (χ1) is 9.72. The number of nitrogens with zero attached hydrogens (tertiary/aromatic N) is 3. The lowest BCUT2D eigenvalue weighted by atomic mass is 10.2. The van der Waals surface area contributed by atoms with Gasteiger partial charge in [-0.05, 0) is 35.9 Å². The molecule has 0 aliphatic rings. The zero-order valence-electron chi connectivity index (χ0n) is 11.5. The topological polar surface area (TPSA) is 44.3 Å². The van der Waals surface area contributed by atoms with E-state index in [-0.39, 0.29) is 0 Å². The van der Waals surface area contributed by atoms with Crippen LogP contribution in [0.4, 0.5) is 11.4 Å². The van der Waals surface area contributed by atoms with E-state index >= 15 is 0 Å². The maximum atomic E-state index is 4.49. The fourth-order valence-electron chi connectivity index (χ4n) is 2.01. The molecule has 0 saturated carbocycles. The molecule has 3 aromatic rings. The first kappa shape index (κ1) is 12.4. The zero-order chi connectivity index (χ0) is 13.9. The summed E-state index contributed by atoms with van der Waals surface area (Å²) < 4.78 is 0. The molecule has 3 rings (SSSR count). The molecule has 100 valence electrons. The normalized spacial score (nSPS) is 11.3. The number of nitrogens with one attached hydrogen (secondary N) is 1. The minimum absolute atomic E-state index is 0.915. The second-order valence-corrected chi connectivity index (χ2v) is 4.85. The lowest BCUT2D eigenvalue weighted by Crippen LogP contribution is -2.08. The summed E-state index contributed by atoms with van der Waals surface area (Å²) in [6.45, 7) is 0. The molecule has 2 aromatic carbocycles. The van der Waals surface area contributed by atoms with Crippen LogP contribution in [-0.2, 0) is 0 Å². The van der Waals surface area contributed by atoms with Crippen molar-refractivity contribution < 1.29 is 0 Å². The molecule has 4 nitrogen and oxygen atoms in total. The zero-order valence-corrected chi connectivity index (χ0v) is 11.5. The summed E-state index contributed by atoms with van der Waals surface area (Å²) >= 11 is 0. The Morgan fingerprint density at radius 2 is 1.90 bits per heavy atom. The molecule has 1 heterocycles. The van der Waals surface area contributed by atoms with Crippen molar-refractivity contribution in [1.82, 2.24) is 9.97 Å². The average Bonchev–Trinajstić information content (AvgIpc) is 2.93. The van der Waals surface area contributed by atoms with E-state index in [4.69, 9.17) is 0 Å². The van der Waals surface area contributed by atoms with Crippen molar-refractivity contribution in [3.05, 3.63) is 54.4 Å². The molecule has 0 aliphatic heterocycles. The first-order valence-electron chi connectivity index (χ1n) is 6.47. The number of imidazole rings is 1. The Bertz CT molecular complexity index is 739. The number of aliphatic imine (C=N–C) groups is 1. The highest BCUT2D eigenvalue weighted by atomic mass is 15.1. The van der Waals surface area contributed by atoms with Gasteiger partial charge in [0.2, 0.25) is 0 Å². The Hall–Kier alpha value is -2.62. The fraction of sp³-hybridized carbons (Fsp3) is 0.125. The predicted molar refractivity (Wildman–Crippen MR) is 84.1 cm³/mol. The molecule has 0 radical (unpaired) electrons. The van der Waals surface area contributed by atoms with E-state index in [1.807, 2.05) is 38.5 Å². The lowest BCUT2D eigenvalue weighted by Gasteiger charge is -2.11. The van der Waals surface area contributed by atoms with Crippen LogP contribution in [0.25, 0.3) is 11.0 Å². The van der Waals surface area contributed by atoms with Gasteiger partial charge in [-0.1, -0.05) is 12.1 Å². The van der Waals surface area contributed by atoms with Crippen LogP contribution in [-0.4, -0.2) is 30.3 Å². The van der Waals surface area contributed by atoms with Crippen LogP contribution in [0.2, 0.25) is 0 Å². The van der Waals surface area contributed by atoms with E-state index in [2.05, 4.69) is 44.1 Å². The number of aromatic nitrogens is 2. The highest BCUT2D eigenvalue weighted by molar-refractivity contribution is 5.84. The maximum Gasteiger partial charge on any atom is 0.0931 e. The minimum atomic E-state index is 0.915. The number of fused-ring (bicyclic) bond motifs is 1. The number of benzene rings is 2. The number of rotatable bonds is 3. The van der Waals surface area contributed by atoms with Crippen molar-refractivity contribution in [3.63, 3.8) is 0 Å². The fourth-order valence-corrected chi connectivity index (χ4v) is 2.01. The minimum Gasteiger partial charge on any atom is -0.378 e. The van der Waals surface area contributed by atoms with E-state index in [1.54, 1.807) is 6.33 Å². The Balaban J connectivity index is 1.82. The van der Waals surface area contributed by atoms with Gasteiger partial charge in [0.1, 0.15) is 0 Å². The van der Waals surface area contributed by atoms with Gasteiger partial charge >= 0.3 is 0 Å². The van der Waals surface area contributed by atoms with E-state index in [9.17, 15) is 0 Å². The number of H-pyrrole nitrogens is 1. The van der Waals surface area contributed by atoms with Gasteiger partial charge in [-0.2, -0.15) is 0 Å². The highest BCUT2D eigenvalue weighted by Gasteiger charge is 1.97. The Labute approximate surface area is 117 Å². The van der Waals surface area contributed by atoms with E-state index in [1.165, 1.54) is 5.69 Å². The largest absolute Gasteiger partial charge is 0.378 e. The molecule has 0 atom stereocenters. The number of anilines is 1. The van der Waals surface area contributed by atoms with Gasteiger partial charge in [0.15, 0.2) is 0 Å². The van der Waals surface area contributed by atoms with Crippen molar-refractivity contribution in [2.45, 2.75) is 0 Å². The van der Waals surface area contributed by atoms with Crippen LogP contribution in [0.5, 0.6) is 0 Å². The molecule has 0 amide bonds. The predicted octanol–water partition coefficient (Wildman–Crippen LogP) is 3.38. The molecule has 0 fully saturated rings. The molecular formula is C16H16N4. The van der Waals surface area contributed by atoms with Crippen LogP contribution in [0.15, 0.2) is 53.8 Å². The smallest absolute Gasteiger partial charge is 0.0931 e. The molecule has 0 unspecified atom stereocenters. The molecule has 4 heteroatoms. The molecule has 20 heavy (non-hydrogen) atoms. The highest BCUT2D eigenvalue weighted by Crippen LogP contribution is 2.18. The van der Waals surface area contributed by atoms with Crippen LogP contribution in [0, 0.1) is 0 Å². The lowest BCUT2D eigenvalue weighted by molar-refractivity contribution is 1.13. The van der Waals surface area contributed by atoms with E-state index in [0.717, 1.165) is 22.3 Å². The Morgan fingerprint density at radius 3 is 2.65 bits per heavy atom. The molecule has 0 aliphatic carbocycles. The van der Waals surface area contributed by atoms with E-state index in [0.29, 0.717) is 0 Å². The van der Waals surface area contributed by atoms with Crippen molar-refractivity contribution in [2.75, 3.05) is 19.0 Å². The van der Waals surface area contributed by atoms with Gasteiger partial charge in [-0.15, -0.1) is 0 Å². The van der Waals surface area contributed by atoms with Crippen molar-refractivity contribution in [2.24, 2.45) is 4.99 Å². The molecule has 0 saturated heterocycles. The summed E-state index contributed by atoms with van der Waals surface area (Å²) in [5, 5.41) is 0. The average molecular weight is 264 g/mol. The van der Waals surface area contributed by atoms with Crippen molar-refractivity contribution in [3.8, 4) is 0 Å². The molecule has 0 bridgehead atoms. The van der Waals surface area contributed by atoms with Gasteiger partial charge < -0.3 is 9.88 Å². The quantitative estimate of drug-likeness (QED) is 0.737. The summed E-state index contributed by atoms with van der Waals surface area (Å²) in [6, 6.07) is 14.2. The molecule has 1 aromatic heterocycles. The second kappa shape index (κ2) is 5.17. The third-order valence-electron chi connectivity index (χ3n) is 3.18. The molecular weight excluding hydrogens is 248 g/mol. The standard InChI is InChI=1S/C16H16N4/c1-20(2)14-6-3-12(4-7-14)10-17-13-5-8-15-16(9-13)19-11-18-15/h3-11H,1-2H3,(H,18,19). The van der Waals surface area contributed by atoms with Gasteiger partial charge in [0.05, 0.1) is 23.0 Å².